The molecule has 2 unspecified atom stereocenters. The lowest BCUT2D eigenvalue weighted by Gasteiger charge is -2.17. The lowest BCUT2D eigenvalue weighted by atomic mass is 9.97. The average molecular weight is 278 g/mol. The van der Waals surface area contributed by atoms with Crippen molar-refractivity contribution < 1.29 is 14.6 Å². The zero-order valence-corrected chi connectivity index (χ0v) is 11.8. The molecule has 1 aromatic rings. The van der Waals surface area contributed by atoms with Gasteiger partial charge in [0.2, 0.25) is 0 Å². The van der Waals surface area contributed by atoms with Crippen LogP contribution in [-0.4, -0.2) is 36.3 Å². The van der Waals surface area contributed by atoms with Crippen molar-refractivity contribution in [1.82, 2.24) is 10.3 Å². The van der Waals surface area contributed by atoms with Crippen molar-refractivity contribution in [1.29, 1.82) is 0 Å². The highest BCUT2D eigenvalue weighted by atomic mass is 16.5. The smallest absolute Gasteiger partial charge is 0.339 e. The molecule has 0 saturated heterocycles. The van der Waals surface area contributed by atoms with E-state index in [1.54, 1.807) is 6.07 Å². The monoisotopic (exact) mass is 278 g/mol. The number of hydrogen-bond donors (Lipinski definition) is 2. The first kappa shape index (κ1) is 14.9. The van der Waals surface area contributed by atoms with Gasteiger partial charge in [0.15, 0.2) is 0 Å². The predicted octanol–water partition coefficient (Wildman–Crippen LogP) is 1.37. The molecule has 5 heteroatoms. The molecule has 1 aromatic heterocycles. The van der Waals surface area contributed by atoms with Gasteiger partial charge in [0.05, 0.1) is 18.4 Å². The molecule has 1 saturated carbocycles. The molecule has 1 heterocycles. The summed E-state index contributed by atoms with van der Waals surface area (Å²) in [6.07, 6.45) is 5.07. The number of nitrogens with one attached hydrogen (secondary N) is 1. The minimum absolute atomic E-state index is 0.290. The van der Waals surface area contributed by atoms with Crippen LogP contribution in [0.15, 0.2) is 18.3 Å². The van der Waals surface area contributed by atoms with Crippen LogP contribution in [0, 0.1) is 11.8 Å². The fraction of sp³-hybridized carbons (Fsp3) is 0.600. The highest BCUT2D eigenvalue weighted by molar-refractivity contribution is 5.88. The Morgan fingerprint density at radius 1 is 1.45 bits per heavy atom. The largest absolute Gasteiger partial charge is 0.465 e. The Kier molecular flexibility index (Phi) is 5.49. The maximum absolute atomic E-state index is 11.3. The molecule has 2 rings (SSSR count). The lowest BCUT2D eigenvalue weighted by molar-refractivity contribution is 0.0600. The van der Waals surface area contributed by atoms with Crippen molar-refractivity contribution in [3.8, 4) is 0 Å². The van der Waals surface area contributed by atoms with Crippen LogP contribution in [0.2, 0.25) is 0 Å². The van der Waals surface area contributed by atoms with Gasteiger partial charge in [-0.3, -0.25) is 4.98 Å². The third kappa shape index (κ3) is 3.77. The van der Waals surface area contributed by atoms with E-state index in [0.29, 0.717) is 30.6 Å². The number of carbonyl (C=O) groups is 1. The summed E-state index contributed by atoms with van der Waals surface area (Å²) in [5.41, 5.74) is 1.36. The molecule has 0 bridgehead atoms. The van der Waals surface area contributed by atoms with Crippen LogP contribution in [0.25, 0.3) is 0 Å². The molecule has 0 aliphatic heterocycles. The van der Waals surface area contributed by atoms with Crippen molar-refractivity contribution >= 4 is 5.97 Å². The fourth-order valence-corrected chi connectivity index (χ4v) is 2.78. The average Bonchev–Trinajstić information content (AvgIpc) is 2.94. The molecule has 2 atom stereocenters. The number of aliphatic hydroxyl groups is 1. The number of ether oxygens (including phenoxy) is 1. The minimum atomic E-state index is -0.367. The Hall–Kier alpha value is -1.46. The second kappa shape index (κ2) is 7.36. The first-order valence-electron chi connectivity index (χ1n) is 7.09. The van der Waals surface area contributed by atoms with Crippen molar-refractivity contribution in [2.24, 2.45) is 11.8 Å². The first-order chi connectivity index (χ1) is 9.74. The van der Waals surface area contributed by atoms with E-state index < -0.39 is 0 Å². The Labute approximate surface area is 119 Å². The van der Waals surface area contributed by atoms with Crippen molar-refractivity contribution in [3.05, 3.63) is 29.6 Å². The van der Waals surface area contributed by atoms with Crippen LogP contribution in [0.5, 0.6) is 0 Å². The molecular weight excluding hydrogens is 256 g/mol. The standard InChI is InChI=1S/C15H22N2O3/c1-20-15(19)12-5-6-14(17-8-12)9-16-7-11-3-2-4-13(11)10-18/h5-6,8,11,13,16,18H,2-4,7,9-10H2,1H3. The van der Waals surface area contributed by atoms with Gasteiger partial charge in [-0.05, 0) is 43.4 Å². The van der Waals surface area contributed by atoms with Gasteiger partial charge in [0.25, 0.3) is 0 Å². The maximum atomic E-state index is 11.3. The van der Waals surface area contributed by atoms with Gasteiger partial charge in [-0.2, -0.15) is 0 Å². The number of esters is 1. The van der Waals surface area contributed by atoms with Gasteiger partial charge >= 0.3 is 5.97 Å². The van der Waals surface area contributed by atoms with Crippen molar-refractivity contribution in [2.75, 3.05) is 20.3 Å². The Morgan fingerprint density at radius 3 is 2.90 bits per heavy atom. The summed E-state index contributed by atoms with van der Waals surface area (Å²) in [7, 11) is 1.36. The SMILES string of the molecule is COC(=O)c1ccc(CNCC2CCCC2CO)nc1. The molecule has 0 spiro atoms. The third-order valence-electron chi connectivity index (χ3n) is 4.01. The number of nitrogens with zero attached hydrogens (tertiary/aromatic N) is 1. The maximum Gasteiger partial charge on any atom is 0.339 e. The van der Waals surface area contributed by atoms with Gasteiger partial charge in [-0.25, -0.2) is 4.79 Å². The van der Waals surface area contributed by atoms with Crippen LogP contribution in [0.3, 0.4) is 0 Å². The van der Waals surface area contributed by atoms with E-state index in [2.05, 4.69) is 15.0 Å². The number of aromatic nitrogens is 1. The molecule has 5 nitrogen and oxygen atoms in total. The number of rotatable bonds is 6. The summed E-state index contributed by atoms with van der Waals surface area (Å²) in [5.74, 6) is 0.639. The van der Waals surface area contributed by atoms with Gasteiger partial charge in [0.1, 0.15) is 0 Å². The summed E-state index contributed by atoms with van der Waals surface area (Å²) in [6.45, 7) is 1.88. The van der Waals surface area contributed by atoms with E-state index in [0.717, 1.165) is 18.7 Å². The van der Waals surface area contributed by atoms with E-state index in [-0.39, 0.29) is 5.97 Å². The van der Waals surface area contributed by atoms with Crippen LogP contribution in [0.4, 0.5) is 0 Å². The lowest BCUT2D eigenvalue weighted by Crippen LogP contribution is -2.26. The van der Waals surface area contributed by atoms with Gasteiger partial charge in [-0.15, -0.1) is 0 Å². The van der Waals surface area contributed by atoms with E-state index in [1.807, 2.05) is 6.07 Å². The molecule has 110 valence electrons. The fourth-order valence-electron chi connectivity index (χ4n) is 2.78. The summed E-state index contributed by atoms with van der Waals surface area (Å²) < 4.78 is 4.63. The highest BCUT2D eigenvalue weighted by Crippen LogP contribution is 2.30. The normalized spacial score (nSPS) is 21.9. The predicted molar refractivity (Wildman–Crippen MR) is 75.2 cm³/mol. The van der Waals surface area contributed by atoms with Gasteiger partial charge < -0.3 is 15.2 Å². The molecule has 20 heavy (non-hydrogen) atoms. The summed E-state index contributed by atoms with van der Waals surface area (Å²) in [5, 5.41) is 12.7. The first-order valence-corrected chi connectivity index (χ1v) is 7.09. The van der Waals surface area contributed by atoms with Crippen LogP contribution in [-0.2, 0) is 11.3 Å². The van der Waals surface area contributed by atoms with Crippen molar-refractivity contribution in [3.63, 3.8) is 0 Å². The number of hydrogen-bond acceptors (Lipinski definition) is 5. The van der Waals surface area contributed by atoms with E-state index in [9.17, 15) is 9.90 Å². The Morgan fingerprint density at radius 2 is 2.25 bits per heavy atom. The van der Waals surface area contributed by atoms with Crippen LogP contribution in [0.1, 0.15) is 35.3 Å². The molecule has 2 N–H and O–H groups in total. The summed E-state index contributed by atoms with van der Waals surface area (Å²) in [6, 6.07) is 3.55. The Bertz CT molecular complexity index is 433. The van der Waals surface area contributed by atoms with E-state index in [1.165, 1.54) is 26.1 Å². The van der Waals surface area contributed by atoms with Crippen molar-refractivity contribution in [2.45, 2.75) is 25.8 Å². The highest BCUT2D eigenvalue weighted by Gasteiger charge is 2.25. The number of methoxy groups -OCH3 is 1. The minimum Gasteiger partial charge on any atom is -0.465 e. The number of aliphatic hydroxyl groups excluding tert-OH is 1. The molecule has 1 fully saturated rings. The van der Waals surface area contributed by atoms with Crippen LogP contribution >= 0.6 is 0 Å². The van der Waals surface area contributed by atoms with Gasteiger partial charge in [-0.1, -0.05) is 6.42 Å². The second-order valence-electron chi connectivity index (χ2n) is 5.29. The third-order valence-corrected chi connectivity index (χ3v) is 4.01. The van der Waals surface area contributed by atoms with E-state index >= 15 is 0 Å². The van der Waals surface area contributed by atoms with Gasteiger partial charge in [0, 0.05) is 19.3 Å². The molecule has 0 amide bonds. The zero-order valence-electron chi connectivity index (χ0n) is 11.8. The number of pyridine rings is 1. The second-order valence-corrected chi connectivity index (χ2v) is 5.29. The molecule has 0 aromatic carbocycles. The summed E-state index contributed by atoms with van der Waals surface area (Å²) >= 11 is 0. The molecular formula is C15H22N2O3. The molecule has 1 aliphatic rings. The topological polar surface area (TPSA) is 71.5 Å². The number of carbonyl (C=O) groups excluding carboxylic acids is 1. The zero-order chi connectivity index (χ0) is 14.4. The molecule has 1 aliphatic carbocycles. The quantitative estimate of drug-likeness (QED) is 0.769. The van der Waals surface area contributed by atoms with Crippen LogP contribution < -0.4 is 5.32 Å². The van der Waals surface area contributed by atoms with E-state index in [4.69, 9.17) is 0 Å². The molecule has 0 radical (unpaired) electrons. The Balaban J connectivity index is 1.78. The summed E-state index contributed by atoms with van der Waals surface area (Å²) in [4.78, 5) is 15.5.